The largest absolute Gasteiger partial charge is 0.335 e. The standard InChI is InChI=1S/C22H22ClFN2O2/c23-18-5-3-6-19(24)17(18)13-26(16-9-10-16)21(27)11-8-15-12-14-4-1-2-7-20(14)25-22(15)28/h1-7,15-16H,8-13H2,(H,25,28). The van der Waals surface area contributed by atoms with Crippen molar-refractivity contribution in [2.24, 2.45) is 5.92 Å². The number of rotatable bonds is 6. The van der Waals surface area contributed by atoms with Crippen molar-refractivity contribution >= 4 is 29.1 Å². The molecule has 1 saturated carbocycles. The first-order chi connectivity index (χ1) is 13.5. The van der Waals surface area contributed by atoms with Crippen molar-refractivity contribution in [3.63, 3.8) is 0 Å². The lowest BCUT2D eigenvalue weighted by Gasteiger charge is -2.27. The van der Waals surface area contributed by atoms with Crippen LogP contribution in [0.2, 0.25) is 5.02 Å². The summed E-state index contributed by atoms with van der Waals surface area (Å²) in [7, 11) is 0. The maximum Gasteiger partial charge on any atom is 0.227 e. The number of carbonyl (C=O) groups is 2. The van der Waals surface area contributed by atoms with E-state index in [1.807, 2.05) is 24.3 Å². The van der Waals surface area contributed by atoms with E-state index in [2.05, 4.69) is 5.32 Å². The van der Waals surface area contributed by atoms with Crippen LogP contribution in [0.25, 0.3) is 0 Å². The van der Waals surface area contributed by atoms with Gasteiger partial charge in [-0.05, 0) is 49.4 Å². The summed E-state index contributed by atoms with van der Waals surface area (Å²) in [6, 6.07) is 12.4. The Bertz CT molecular complexity index is 893. The van der Waals surface area contributed by atoms with E-state index in [4.69, 9.17) is 11.6 Å². The zero-order chi connectivity index (χ0) is 19.7. The summed E-state index contributed by atoms with van der Waals surface area (Å²) in [6.45, 7) is 0.175. The molecule has 0 saturated heterocycles. The van der Waals surface area contributed by atoms with Crippen molar-refractivity contribution in [2.45, 2.75) is 44.7 Å². The SMILES string of the molecule is O=C1Nc2ccccc2CC1CCC(=O)N(Cc1c(F)cccc1Cl)C1CC1. The van der Waals surface area contributed by atoms with Crippen LogP contribution in [0.1, 0.15) is 36.8 Å². The number of hydrogen-bond donors (Lipinski definition) is 1. The van der Waals surface area contributed by atoms with Crippen LogP contribution in [0, 0.1) is 11.7 Å². The minimum absolute atomic E-state index is 0.0402. The highest BCUT2D eigenvalue weighted by molar-refractivity contribution is 6.31. The molecule has 0 aromatic heterocycles. The smallest absolute Gasteiger partial charge is 0.227 e. The minimum Gasteiger partial charge on any atom is -0.335 e. The normalized spacial score (nSPS) is 18.4. The highest BCUT2D eigenvalue weighted by atomic mass is 35.5. The number of anilines is 1. The number of benzene rings is 2. The van der Waals surface area contributed by atoms with Gasteiger partial charge in [-0.2, -0.15) is 0 Å². The van der Waals surface area contributed by atoms with Crippen LogP contribution in [-0.2, 0) is 22.6 Å². The van der Waals surface area contributed by atoms with E-state index in [-0.39, 0.29) is 36.7 Å². The number of para-hydroxylation sites is 1. The molecule has 1 fully saturated rings. The summed E-state index contributed by atoms with van der Waals surface area (Å²) in [4.78, 5) is 27.0. The van der Waals surface area contributed by atoms with Crippen LogP contribution in [0.15, 0.2) is 42.5 Å². The van der Waals surface area contributed by atoms with Gasteiger partial charge in [0, 0.05) is 34.7 Å². The lowest BCUT2D eigenvalue weighted by molar-refractivity contribution is -0.133. The van der Waals surface area contributed by atoms with Gasteiger partial charge in [0.15, 0.2) is 0 Å². The molecule has 6 heteroatoms. The fraction of sp³-hybridized carbons (Fsp3) is 0.364. The molecule has 1 unspecified atom stereocenters. The van der Waals surface area contributed by atoms with Gasteiger partial charge in [-0.1, -0.05) is 35.9 Å². The first kappa shape index (κ1) is 18.9. The monoisotopic (exact) mass is 400 g/mol. The van der Waals surface area contributed by atoms with Crippen molar-refractivity contribution in [2.75, 3.05) is 5.32 Å². The third kappa shape index (κ3) is 4.04. The lowest BCUT2D eigenvalue weighted by Crippen LogP contribution is -2.35. The Morgan fingerprint density at radius 2 is 1.96 bits per heavy atom. The van der Waals surface area contributed by atoms with E-state index < -0.39 is 5.82 Å². The molecule has 28 heavy (non-hydrogen) atoms. The van der Waals surface area contributed by atoms with E-state index in [1.54, 1.807) is 17.0 Å². The van der Waals surface area contributed by atoms with E-state index in [9.17, 15) is 14.0 Å². The molecule has 0 radical (unpaired) electrons. The summed E-state index contributed by atoms with van der Waals surface area (Å²) in [5, 5.41) is 3.26. The maximum atomic E-state index is 14.2. The Morgan fingerprint density at radius 3 is 2.71 bits per heavy atom. The molecule has 1 aliphatic carbocycles. The Labute approximate surface area is 168 Å². The van der Waals surface area contributed by atoms with Crippen LogP contribution in [0.4, 0.5) is 10.1 Å². The van der Waals surface area contributed by atoms with Crippen LogP contribution in [0.3, 0.4) is 0 Å². The van der Waals surface area contributed by atoms with Crippen LogP contribution in [0.5, 0.6) is 0 Å². The topological polar surface area (TPSA) is 49.4 Å². The van der Waals surface area contributed by atoms with Crippen molar-refractivity contribution in [1.82, 2.24) is 4.90 Å². The van der Waals surface area contributed by atoms with Gasteiger partial charge in [-0.3, -0.25) is 9.59 Å². The fourth-order valence-corrected chi connectivity index (χ4v) is 3.97. The molecular weight excluding hydrogens is 379 g/mol. The first-order valence-electron chi connectivity index (χ1n) is 9.64. The first-order valence-corrected chi connectivity index (χ1v) is 10.0. The number of fused-ring (bicyclic) bond motifs is 1. The summed E-state index contributed by atoms with van der Waals surface area (Å²) >= 11 is 6.14. The third-order valence-corrected chi connectivity index (χ3v) is 5.87. The fourth-order valence-electron chi connectivity index (χ4n) is 3.75. The van der Waals surface area contributed by atoms with E-state index in [1.165, 1.54) is 6.07 Å². The lowest BCUT2D eigenvalue weighted by atomic mass is 9.89. The highest BCUT2D eigenvalue weighted by Crippen LogP contribution is 2.32. The average Bonchev–Trinajstić information content (AvgIpc) is 3.51. The molecule has 1 N–H and O–H groups in total. The number of nitrogens with one attached hydrogen (secondary N) is 1. The summed E-state index contributed by atoms with van der Waals surface area (Å²) in [5.41, 5.74) is 2.30. The third-order valence-electron chi connectivity index (χ3n) is 5.52. The van der Waals surface area contributed by atoms with Gasteiger partial charge in [-0.25, -0.2) is 4.39 Å². The maximum absolute atomic E-state index is 14.2. The second-order valence-corrected chi connectivity index (χ2v) is 7.95. The van der Waals surface area contributed by atoms with Gasteiger partial charge in [0.1, 0.15) is 5.82 Å². The Hall–Kier alpha value is -2.40. The predicted octanol–water partition coefficient (Wildman–Crippen LogP) is 4.56. The zero-order valence-corrected chi connectivity index (χ0v) is 16.2. The zero-order valence-electron chi connectivity index (χ0n) is 15.5. The van der Waals surface area contributed by atoms with E-state index in [0.29, 0.717) is 23.4 Å². The van der Waals surface area contributed by atoms with Gasteiger partial charge >= 0.3 is 0 Å². The molecule has 2 aromatic carbocycles. The van der Waals surface area contributed by atoms with Crippen molar-refractivity contribution in [3.8, 4) is 0 Å². The Kier molecular flexibility index (Phi) is 5.36. The molecule has 0 spiro atoms. The second-order valence-electron chi connectivity index (χ2n) is 7.54. The van der Waals surface area contributed by atoms with Gasteiger partial charge in [0.25, 0.3) is 0 Å². The van der Waals surface area contributed by atoms with Crippen molar-refractivity contribution < 1.29 is 14.0 Å². The molecule has 2 aromatic rings. The quantitative estimate of drug-likeness (QED) is 0.772. The van der Waals surface area contributed by atoms with Gasteiger partial charge in [0.2, 0.25) is 11.8 Å². The van der Waals surface area contributed by atoms with Gasteiger partial charge in [-0.15, -0.1) is 0 Å². The Morgan fingerprint density at radius 1 is 1.18 bits per heavy atom. The number of nitrogens with zero attached hydrogens (tertiary/aromatic N) is 1. The molecule has 146 valence electrons. The molecule has 4 rings (SSSR count). The van der Waals surface area contributed by atoms with Crippen LogP contribution >= 0.6 is 11.6 Å². The number of amides is 2. The van der Waals surface area contributed by atoms with Gasteiger partial charge < -0.3 is 10.2 Å². The second kappa shape index (κ2) is 7.92. The minimum atomic E-state index is -0.394. The summed E-state index contributed by atoms with van der Waals surface area (Å²) in [6.07, 6.45) is 3.23. The molecule has 4 nitrogen and oxygen atoms in total. The number of halogens is 2. The van der Waals surface area contributed by atoms with E-state index in [0.717, 1.165) is 24.1 Å². The molecule has 2 amide bonds. The molecular formula is C22H22ClFN2O2. The van der Waals surface area contributed by atoms with Crippen LogP contribution in [-0.4, -0.2) is 22.8 Å². The van der Waals surface area contributed by atoms with Crippen molar-refractivity contribution in [1.29, 1.82) is 0 Å². The number of hydrogen-bond acceptors (Lipinski definition) is 2. The molecule has 1 atom stereocenters. The van der Waals surface area contributed by atoms with Gasteiger partial charge in [0.05, 0.1) is 6.54 Å². The van der Waals surface area contributed by atoms with Crippen molar-refractivity contribution in [3.05, 3.63) is 64.4 Å². The predicted molar refractivity (Wildman–Crippen MR) is 106 cm³/mol. The van der Waals surface area contributed by atoms with E-state index >= 15 is 0 Å². The molecule has 2 aliphatic rings. The van der Waals surface area contributed by atoms with Crippen LogP contribution < -0.4 is 5.32 Å². The molecule has 1 aliphatic heterocycles. The number of carbonyl (C=O) groups excluding carboxylic acids is 2. The average molecular weight is 401 g/mol. The Balaban J connectivity index is 1.41. The molecule has 0 bridgehead atoms. The summed E-state index contributed by atoms with van der Waals surface area (Å²) < 4.78 is 14.2. The molecule has 1 heterocycles. The summed E-state index contributed by atoms with van der Waals surface area (Å²) in [5.74, 6) is -0.707. The highest BCUT2D eigenvalue weighted by Gasteiger charge is 2.34.